The highest BCUT2D eigenvalue weighted by Crippen LogP contribution is 2.26. The van der Waals surface area contributed by atoms with Gasteiger partial charge in [-0.3, -0.25) is 14.4 Å². The van der Waals surface area contributed by atoms with Gasteiger partial charge in [-0.25, -0.2) is 4.79 Å². The molecule has 0 spiro atoms. The van der Waals surface area contributed by atoms with Crippen LogP contribution in [0.5, 0.6) is 0 Å². The Labute approximate surface area is 201 Å². The molecule has 0 aliphatic carbocycles. The molecule has 1 fully saturated rings. The maximum Gasteiger partial charge on any atom is 0.329 e. The summed E-state index contributed by atoms with van der Waals surface area (Å²) in [4.78, 5) is 57.3. The van der Waals surface area contributed by atoms with Crippen LogP contribution in [0.25, 0.3) is 0 Å². The molecule has 4 heterocycles. The lowest BCUT2D eigenvalue weighted by Crippen LogP contribution is -2.49. The fraction of sp³-hybridized carbons (Fsp3) is 0.308. The number of aromatic amines is 1. The largest absolute Gasteiger partial charge is 0.459 e. The van der Waals surface area contributed by atoms with E-state index in [1.807, 2.05) is 24.3 Å². The van der Waals surface area contributed by atoms with E-state index in [9.17, 15) is 19.2 Å². The highest BCUT2D eigenvalue weighted by molar-refractivity contribution is 6.02. The fourth-order valence-electron chi connectivity index (χ4n) is 4.57. The Morgan fingerprint density at radius 1 is 1.00 bits per heavy atom. The summed E-state index contributed by atoms with van der Waals surface area (Å²) < 4.78 is 10.6. The number of esters is 1. The topological polar surface area (TPSA) is 113 Å². The summed E-state index contributed by atoms with van der Waals surface area (Å²) in [7, 11) is 0. The van der Waals surface area contributed by atoms with Gasteiger partial charge in [0.05, 0.1) is 6.26 Å². The molecule has 35 heavy (non-hydrogen) atoms. The summed E-state index contributed by atoms with van der Waals surface area (Å²) in [6.45, 7) is 1.14. The number of hydrogen-bond donors (Lipinski definition) is 1. The molecule has 180 valence electrons. The molecule has 2 aliphatic heterocycles. The number of hydrogen-bond acceptors (Lipinski definition) is 6. The van der Waals surface area contributed by atoms with Gasteiger partial charge in [-0.15, -0.1) is 0 Å². The Balaban J connectivity index is 1.27. The van der Waals surface area contributed by atoms with Gasteiger partial charge in [-0.05, 0) is 42.2 Å². The maximum absolute atomic E-state index is 13.0. The van der Waals surface area contributed by atoms with Crippen LogP contribution in [0.3, 0.4) is 0 Å². The van der Waals surface area contributed by atoms with E-state index in [1.165, 1.54) is 23.4 Å². The van der Waals surface area contributed by atoms with Gasteiger partial charge >= 0.3 is 5.97 Å². The lowest BCUT2D eigenvalue weighted by Gasteiger charge is -2.34. The van der Waals surface area contributed by atoms with Crippen molar-refractivity contribution in [1.82, 2.24) is 14.8 Å². The van der Waals surface area contributed by atoms with E-state index in [-0.39, 0.29) is 30.2 Å². The number of nitrogens with zero attached hydrogens (tertiary/aromatic N) is 2. The van der Waals surface area contributed by atoms with Crippen LogP contribution in [-0.2, 0) is 22.5 Å². The molecular weight excluding hydrogens is 450 g/mol. The van der Waals surface area contributed by atoms with Crippen molar-refractivity contribution in [2.24, 2.45) is 0 Å². The third kappa shape index (κ3) is 4.62. The lowest BCUT2D eigenvalue weighted by atomic mass is 9.93. The third-order valence-corrected chi connectivity index (χ3v) is 6.49. The Hall–Kier alpha value is -4.14. The van der Waals surface area contributed by atoms with Crippen LogP contribution in [0.2, 0.25) is 0 Å². The second-order valence-corrected chi connectivity index (χ2v) is 8.73. The predicted molar refractivity (Wildman–Crippen MR) is 124 cm³/mol. The minimum Gasteiger partial charge on any atom is -0.459 e. The molecule has 1 N–H and O–H groups in total. The molecule has 2 aliphatic rings. The van der Waals surface area contributed by atoms with Crippen molar-refractivity contribution in [2.75, 3.05) is 19.7 Å². The van der Waals surface area contributed by atoms with E-state index in [4.69, 9.17) is 9.15 Å². The van der Waals surface area contributed by atoms with Gasteiger partial charge in [0.25, 0.3) is 11.8 Å². The van der Waals surface area contributed by atoms with Gasteiger partial charge in [0.2, 0.25) is 5.78 Å². The van der Waals surface area contributed by atoms with Crippen LogP contribution < -0.4 is 0 Å². The van der Waals surface area contributed by atoms with E-state index in [0.29, 0.717) is 18.8 Å². The van der Waals surface area contributed by atoms with Gasteiger partial charge in [-0.1, -0.05) is 24.3 Å². The maximum atomic E-state index is 13.0. The van der Waals surface area contributed by atoms with Crippen molar-refractivity contribution in [2.45, 2.75) is 31.8 Å². The molecule has 9 heteroatoms. The highest BCUT2D eigenvalue weighted by atomic mass is 16.5. The first-order valence-corrected chi connectivity index (χ1v) is 11.6. The second kappa shape index (κ2) is 9.61. The first-order valence-electron chi connectivity index (χ1n) is 11.6. The molecule has 1 atom stereocenters. The average Bonchev–Trinajstić information content (AvgIpc) is 3.68. The van der Waals surface area contributed by atoms with Crippen molar-refractivity contribution in [1.29, 1.82) is 0 Å². The van der Waals surface area contributed by atoms with Crippen LogP contribution in [0, 0.1) is 0 Å². The monoisotopic (exact) mass is 475 g/mol. The molecule has 0 saturated carbocycles. The predicted octanol–water partition coefficient (Wildman–Crippen LogP) is 2.84. The van der Waals surface area contributed by atoms with Gasteiger partial charge in [0, 0.05) is 37.8 Å². The zero-order valence-corrected chi connectivity index (χ0v) is 19.1. The zero-order chi connectivity index (χ0) is 24.4. The minimum atomic E-state index is -0.895. The number of carbonyl (C=O) groups is 4. The number of likely N-dealkylation sites (tertiary alicyclic amines) is 1. The zero-order valence-electron chi connectivity index (χ0n) is 19.1. The van der Waals surface area contributed by atoms with Gasteiger partial charge in [-0.2, -0.15) is 0 Å². The standard InChI is InChI=1S/C26H25N3O6/c30-22(19-12-20(27-14-19)24(31)28-9-3-4-10-28)16-35-26(33)21-13-17-6-1-2-7-18(17)15-29(21)25(32)23-8-5-11-34-23/h1-2,5-8,11-12,14,21,27H,3-4,9-10,13,15-16H2/t21-/m0/s1. The van der Waals surface area contributed by atoms with Crippen LogP contribution >= 0.6 is 0 Å². The Kier molecular flexibility index (Phi) is 6.22. The molecule has 1 saturated heterocycles. The summed E-state index contributed by atoms with van der Waals surface area (Å²) in [5.41, 5.74) is 2.48. The lowest BCUT2D eigenvalue weighted by molar-refractivity contribution is -0.148. The number of amides is 2. The third-order valence-electron chi connectivity index (χ3n) is 6.49. The van der Waals surface area contributed by atoms with Gasteiger partial charge in [0.1, 0.15) is 11.7 Å². The number of furan rings is 1. The number of rotatable bonds is 6. The van der Waals surface area contributed by atoms with E-state index < -0.39 is 30.3 Å². The highest BCUT2D eigenvalue weighted by Gasteiger charge is 2.37. The molecule has 1 aromatic carbocycles. The van der Waals surface area contributed by atoms with E-state index in [2.05, 4.69) is 4.98 Å². The van der Waals surface area contributed by atoms with Crippen molar-refractivity contribution in [3.63, 3.8) is 0 Å². The normalized spacial score (nSPS) is 17.2. The number of nitrogens with one attached hydrogen (secondary N) is 1. The summed E-state index contributed by atoms with van der Waals surface area (Å²) >= 11 is 0. The van der Waals surface area contributed by atoms with Crippen molar-refractivity contribution in [3.8, 4) is 0 Å². The van der Waals surface area contributed by atoms with Crippen LogP contribution in [0.15, 0.2) is 59.3 Å². The molecule has 5 rings (SSSR count). The first kappa shape index (κ1) is 22.6. The van der Waals surface area contributed by atoms with Gasteiger partial charge < -0.3 is 23.9 Å². The quantitative estimate of drug-likeness (QED) is 0.433. The summed E-state index contributed by atoms with van der Waals surface area (Å²) in [6.07, 6.45) is 5.06. The average molecular weight is 476 g/mol. The first-order chi connectivity index (χ1) is 17.0. The molecule has 3 aromatic rings. The van der Waals surface area contributed by atoms with Crippen LogP contribution in [-0.4, -0.2) is 64.1 Å². The van der Waals surface area contributed by atoms with Crippen molar-refractivity contribution >= 4 is 23.6 Å². The number of fused-ring (bicyclic) bond motifs is 1. The molecule has 0 bridgehead atoms. The van der Waals surface area contributed by atoms with Crippen molar-refractivity contribution < 1.29 is 28.3 Å². The van der Waals surface area contributed by atoms with E-state index >= 15 is 0 Å². The smallest absolute Gasteiger partial charge is 0.329 e. The Morgan fingerprint density at radius 3 is 2.51 bits per heavy atom. The number of benzene rings is 1. The Bertz CT molecular complexity index is 1260. The van der Waals surface area contributed by atoms with Crippen LogP contribution in [0.4, 0.5) is 0 Å². The molecule has 9 nitrogen and oxygen atoms in total. The molecule has 0 radical (unpaired) electrons. The summed E-state index contributed by atoms with van der Waals surface area (Å²) in [6, 6.07) is 11.3. The molecule has 2 aromatic heterocycles. The van der Waals surface area contributed by atoms with E-state index in [0.717, 1.165) is 24.0 Å². The number of ketones is 1. The van der Waals surface area contributed by atoms with Crippen molar-refractivity contribution in [3.05, 3.63) is 83.1 Å². The number of carbonyl (C=O) groups excluding carboxylic acids is 4. The number of aromatic nitrogens is 1. The number of Topliss-reactive ketones (excluding diaryl/α,β-unsaturated/α-hetero) is 1. The van der Waals surface area contributed by atoms with Crippen LogP contribution in [0.1, 0.15) is 55.4 Å². The SMILES string of the molecule is O=C(COC(=O)[C@@H]1Cc2ccccc2CN1C(=O)c1ccco1)c1c[nH]c(C(=O)N2CCCC2)c1. The molecule has 2 amide bonds. The minimum absolute atomic E-state index is 0.126. The summed E-state index contributed by atoms with van der Waals surface area (Å²) in [5.74, 6) is -1.55. The number of ether oxygens (including phenoxy) is 1. The van der Waals surface area contributed by atoms with Gasteiger partial charge in [0.15, 0.2) is 12.4 Å². The number of H-pyrrole nitrogens is 1. The Morgan fingerprint density at radius 2 is 1.77 bits per heavy atom. The van der Waals surface area contributed by atoms with E-state index in [1.54, 1.807) is 17.0 Å². The second-order valence-electron chi connectivity index (χ2n) is 8.73. The summed E-state index contributed by atoms with van der Waals surface area (Å²) in [5, 5.41) is 0. The fourth-order valence-corrected chi connectivity index (χ4v) is 4.57. The molecular formula is C26H25N3O6. The molecule has 0 unspecified atom stereocenters.